The highest BCUT2D eigenvalue weighted by molar-refractivity contribution is 5.22. The normalized spacial score (nSPS) is 63.7. The Bertz CT molecular complexity index is 825. The molecular weight excluding hydrogens is 416 g/mol. The fourth-order valence-corrected chi connectivity index (χ4v) is 10.7. The SMILES string of the molecule is C[C@@H]1C[C@]2(O[C@H]3C[C@H]4[C@@H]5CC[C@H]6C[C@H](O)CC[C@]6(C)[C@H]5[C@@H](O)C[C@]4(C)[C@H]3[C@@]2(C)O)OC1(C)C. The fraction of sp³-hybridized carbons (Fsp3) is 1.00. The first kappa shape index (κ1) is 23.2. The molecule has 188 valence electrons. The molecule has 5 heteroatoms. The molecule has 6 aliphatic rings. The van der Waals surface area contributed by atoms with Crippen molar-refractivity contribution in [3.63, 3.8) is 0 Å². The topological polar surface area (TPSA) is 79.2 Å². The van der Waals surface area contributed by atoms with Gasteiger partial charge in [-0.3, -0.25) is 0 Å². The molecule has 2 aliphatic heterocycles. The third-order valence-electron chi connectivity index (χ3n) is 12.5. The Hall–Kier alpha value is -0.200. The molecule has 2 heterocycles. The lowest BCUT2D eigenvalue weighted by Crippen LogP contribution is -2.62. The molecular formula is C28H46O5. The third kappa shape index (κ3) is 2.78. The monoisotopic (exact) mass is 462 g/mol. The molecule has 0 aromatic carbocycles. The van der Waals surface area contributed by atoms with E-state index in [1.54, 1.807) is 0 Å². The zero-order valence-corrected chi connectivity index (χ0v) is 21.5. The van der Waals surface area contributed by atoms with Gasteiger partial charge in [0.05, 0.1) is 23.9 Å². The van der Waals surface area contributed by atoms with E-state index in [1.165, 1.54) is 0 Å². The first-order chi connectivity index (χ1) is 15.3. The van der Waals surface area contributed by atoms with E-state index in [9.17, 15) is 15.3 Å². The lowest BCUT2D eigenvalue weighted by Gasteiger charge is -2.63. The molecule has 2 saturated heterocycles. The summed E-state index contributed by atoms with van der Waals surface area (Å²) < 4.78 is 13.3. The zero-order valence-electron chi connectivity index (χ0n) is 21.5. The number of aliphatic hydroxyl groups is 3. The van der Waals surface area contributed by atoms with Crippen LogP contribution in [0.2, 0.25) is 0 Å². The molecule has 4 aliphatic carbocycles. The van der Waals surface area contributed by atoms with Crippen LogP contribution in [-0.4, -0.2) is 50.6 Å². The number of hydrogen-bond acceptors (Lipinski definition) is 5. The number of aliphatic hydroxyl groups excluding tert-OH is 2. The van der Waals surface area contributed by atoms with E-state index in [0.717, 1.165) is 51.4 Å². The van der Waals surface area contributed by atoms with Crippen LogP contribution in [-0.2, 0) is 9.47 Å². The fourth-order valence-electron chi connectivity index (χ4n) is 10.7. The second-order valence-corrected chi connectivity index (χ2v) is 14.4. The maximum absolute atomic E-state index is 12.2. The largest absolute Gasteiger partial charge is 0.393 e. The van der Waals surface area contributed by atoms with E-state index in [0.29, 0.717) is 29.6 Å². The van der Waals surface area contributed by atoms with Gasteiger partial charge in [-0.2, -0.15) is 0 Å². The molecule has 0 bridgehead atoms. The summed E-state index contributed by atoms with van der Waals surface area (Å²) in [5.74, 6) is 1.08. The summed E-state index contributed by atoms with van der Waals surface area (Å²) in [7, 11) is 0. The van der Waals surface area contributed by atoms with E-state index in [1.807, 2.05) is 6.92 Å². The van der Waals surface area contributed by atoms with E-state index < -0.39 is 11.4 Å². The maximum atomic E-state index is 12.2. The summed E-state index contributed by atoms with van der Waals surface area (Å²) in [6.45, 7) is 13.1. The van der Waals surface area contributed by atoms with Gasteiger partial charge in [0.15, 0.2) is 5.79 Å². The summed E-state index contributed by atoms with van der Waals surface area (Å²) in [6, 6.07) is 0. The van der Waals surface area contributed by atoms with Gasteiger partial charge in [0.1, 0.15) is 5.60 Å². The van der Waals surface area contributed by atoms with Crippen molar-refractivity contribution in [3.8, 4) is 0 Å². The van der Waals surface area contributed by atoms with Crippen LogP contribution in [0.25, 0.3) is 0 Å². The van der Waals surface area contributed by atoms with Crippen LogP contribution < -0.4 is 0 Å². The summed E-state index contributed by atoms with van der Waals surface area (Å²) in [4.78, 5) is 0. The molecule has 1 spiro atoms. The van der Waals surface area contributed by atoms with Crippen LogP contribution in [0.1, 0.15) is 92.9 Å². The van der Waals surface area contributed by atoms with Crippen molar-refractivity contribution >= 4 is 0 Å². The van der Waals surface area contributed by atoms with Gasteiger partial charge in [-0.25, -0.2) is 0 Å². The van der Waals surface area contributed by atoms with Gasteiger partial charge in [-0.05, 0) is 106 Å². The molecule has 0 unspecified atom stereocenters. The molecule has 33 heavy (non-hydrogen) atoms. The highest BCUT2D eigenvalue weighted by atomic mass is 16.7. The highest BCUT2D eigenvalue weighted by Gasteiger charge is 2.77. The molecule has 13 atom stereocenters. The number of hydrogen-bond donors (Lipinski definition) is 3. The molecule has 6 rings (SSSR count). The zero-order chi connectivity index (χ0) is 23.8. The Morgan fingerprint density at radius 3 is 2.27 bits per heavy atom. The van der Waals surface area contributed by atoms with Gasteiger partial charge in [-0.1, -0.05) is 20.8 Å². The second-order valence-electron chi connectivity index (χ2n) is 14.4. The minimum atomic E-state index is -1.08. The first-order valence-electron chi connectivity index (χ1n) is 13.7. The average molecular weight is 463 g/mol. The molecule has 0 radical (unpaired) electrons. The standard InChI is InChI=1S/C28H46O5/c1-15-13-28(33-24(15,2)3)27(6,31)23-21(32-28)12-19-18-8-7-16-11-17(29)9-10-25(16,4)22(18)20(30)14-26(19,23)5/h15-23,29-31H,7-14H2,1-6H3/t15-,16+,17-,18+,19+,20+,21+,22-,23+,25+,26+,27-,28+/m1/s1. The summed E-state index contributed by atoms with van der Waals surface area (Å²) >= 11 is 0. The average Bonchev–Trinajstić information content (AvgIpc) is 3.20. The summed E-state index contributed by atoms with van der Waals surface area (Å²) in [6.07, 6.45) is 6.94. The van der Waals surface area contributed by atoms with Crippen molar-refractivity contribution in [3.05, 3.63) is 0 Å². The lowest BCUT2D eigenvalue weighted by atomic mass is 9.43. The van der Waals surface area contributed by atoms with Crippen LogP contribution in [0, 0.1) is 46.3 Å². The van der Waals surface area contributed by atoms with Gasteiger partial charge in [0.2, 0.25) is 0 Å². The molecule has 0 amide bonds. The first-order valence-corrected chi connectivity index (χ1v) is 13.7. The van der Waals surface area contributed by atoms with Crippen LogP contribution in [0.5, 0.6) is 0 Å². The van der Waals surface area contributed by atoms with E-state index >= 15 is 0 Å². The van der Waals surface area contributed by atoms with Gasteiger partial charge < -0.3 is 24.8 Å². The van der Waals surface area contributed by atoms with Crippen LogP contribution in [0.15, 0.2) is 0 Å². The van der Waals surface area contributed by atoms with E-state index in [4.69, 9.17) is 9.47 Å². The van der Waals surface area contributed by atoms with Crippen LogP contribution in [0.3, 0.4) is 0 Å². The summed E-state index contributed by atoms with van der Waals surface area (Å²) in [5.41, 5.74) is -1.45. The minimum absolute atomic E-state index is 0.0132. The third-order valence-corrected chi connectivity index (χ3v) is 12.5. The highest BCUT2D eigenvalue weighted by Crippen LogP contribution is 2.72. The molecule has 5 nitrogen and oxygen atoms in total. The Morgan fingerprint density at radius 2 is 1.61 bits per heavy atom. The van der Waals surface area contributed by atoms with Crippen molar-refractivity contribution in [2.45, 2.75) is 128 Å². The minimum Gasteiger partial charge on any atom is -0.393 e. The molecule has 0 aromatic heterocycles. The molecule has 6 fully saturated rings. The van der Waals surface area contributed by atoms with E-state index in [-0.39, 0.29) is 40.7 Å². The van der Waals surface area contributed by atoms with Crippen molar-refractivity contribution in [2.24, 2.45) is 46.3 Å². The number of fused-ring (bicyclic) bond motifs is 7. The maximum Gasteiger partial charge on any atom is 0.198 e. The van der Waals surface area contributed by atoms with Crippen molar-refractivity contribution < 1.29 is 24.8 Å². The predicted molar refractivity (Wildman–Crippen MR) is 125 cm³/mol. The summed E-state index contributed by atoms with van der Waals surface area (Å²) in [5, 5.41) is 34.2. The molecule has 0 aromatic rings. The van der Waals surface area contributed by atoms with Crippen LogP contribution >= 0.6 is 0 Å². The molecule has 4 saturated carbocycles. The molecule has 3 N–H and O–H groups in total. The van der Waals surface area contributed by atoms with Gasteiger partial charge in [0, 0.05) is 12.3 Å². The van der Waals surface area contributed by atoms with Gasteiger partial charge in [-0.15, -0.1) is 0 Å². The van der Waals surface area contributed by atoms with Crippen molar-refractivity contribution in [1.29, 1.82) is 0 Å². The van der Waals surface area contributed by atoms with Gasteiger partial charge in [0.25, 0.3) is 0 Å². The lowest BCUT2D eigenvalue weighted by molar-refractivity contribution is -0.300. The number of rotatable bonds is 0. The number of ether oxygens (including phenoxy) is 2. The van der Waals surface area contributed by atoms with Crippen LogP contribution in [0.4, 0.5) is 0 Å². The quantitative estimate of drug-likeness (QED) is 0.501. The second kappa shape index (κ2) is 6.76. The van der Waals surface area contributed by atoms with Crippen molar-refractivity contribution in [1.82, 2.24) is 0 Å². The van der Waals surface area contributed by atoms with Gasteiger partial charge >= 0.3 is 0 Å². The van der Waals surface area contributed by atoms with Crippen molar-refractivity contribution in [2.75, 3.05) is 0 Å². The Kier molecular flexibility index (Phi) is 4.76. The Morgan fingerprint density at radius 1 is 0.879 bits per heavy atom. The van der Waals surface area contributed by atoms with E-state index in [2.05, 4.69) is 34.6 Å². The predicted octanol–water partition coefficient (Wildman–Crippen LogP) is 4.27. The smallest absolute Gasteiger partial charge is 0.198 e. The Balaban J connectivity index is 1.34. The Labute approximate surface area is 199 Å².